The molecule has 2 aromatic carbocycles. The fourth-order valence-corrected chi connectivity index (χ4v) is 3.32. The first-order valence-electron chi connectivity index (χ1n) is 9.61. The molecule has 0 radical (unpaired) electrons. The van der Waals surface area contributed by atoms with Crippen molar-refractivity contribution in [2.75, 3.05) is 10.3 Å². The highest BCUT2D eigenvalue weighted by Gasteiger charge is 2.31. The molecule has 0 spiro atoms. The Morgan fingerprint density at radius 3 is 2.47 bits per heavy atom. The molecule has 1 atom stereocenters. The lowest BCUT2D eigenvalue weighted by Gasteiger charge is -2.30. The van der Waals surface area contributed by atoms with Gasteiger partial charge < -0.3 is 5.32 Å². The van der Waals surface area contributed by atoms with E-state index in [1.54, 1.807) is 29.8 Å². The second-order valence-electron chi connectivity index (χ2n) is 7.08. The molecule has 2 amide bonds. The molecule has 0 saturated heterocycles. The van der Waals surface area contributed by atoms with Crippen molar-refractivity contribution in [2.24, 2.45) is 4.99 Å². The number of aliphatic imine (C=N–C) groups is 1. The van der Waals surface area contributed by atoms with Gasteiger partial charge in [0.15, 0.2) is 0 Å². The lowest BCUT2D eigenvalue weighted by molar-refractivity contribution is -0.120. The standard InChI is InChI=1S/C22H22N6O2/c1-14-13-15(2)27(25-14)19-12-8-7-11-18(19)24-21(29)20-23-16(3)22(30)28(26-20)17-9-5-4-6-10-17/h4-13,16H,1-3H3,(H,23,26)(H,24,29). The Morgan fingerprint density at radius 2 is 1.77 bits per heavy atom. The number of hydrogen-bond donors (Lipinski definition) is 2. The van der Waals surface area contributed by atoms with Crippen LogP contribution in [0.4, 0.5) is 11.4 Å². The van der Waals surface area contributed by atoms with Crippen molar-refractivity contribution >= 4 is 29.0 Å². The lowest BCUT2D eigenvalue weighted by atomic mass is 10.2. The topological polar surface area (TPSA) is 91.6 Å². The van der Waals surface area contributed by atoms with Crippen molar-refractivity contribution in [1.82, 2.24) is 15.2 Å². The van der Waals surface area contributed by atoms with E-state index in [1.165, 1.54) is 5.01 Å². The Morgan fingerprint density at radius 1 is 1.07 bits per heavy atom. The van der Waals surface area contributed by atoms with E-state index in [4.69, 9.17) is 0 Å². The molecule has 152 valence electrons. The number of nitrogens with zero attached hydrogens (tertiary/aromatic N) is 4. The van der Waals surface area contributed by atoms with E-state index in [0.717, 1.165) is 17.1 Å². The van der Waals surface area contributed by atoms with Gasteiger partial charge in [0.1, 0.15) is 6.04 Å². The van der Waals surface area contributed by atoms with Crippen LogP contribution in [0.3, 0.4) is 0 Å². The van der Waals surface area contributed by atoms with Crippen LogP contribution in [0.2, 0.25) is 0 Å². The number of hydrazine groups is 1. The molecule has 2 heterocycles. The minimum absolute atomic E-state index is 0.0640. The number of carbonyl (C=O) groups excluding carboxylic acids is 2. The summed E-state index contributed by atoms with van der Waals surface area (Å²) in [4.78, 5) is 29.8. The lowest BCUT2D eigenvalue weighted by Crippen LogP contribution is -2.57. The van der Waals surface area contributed by atoms with Crippen LogP contribution >= 0.6 is 0 Å². The smallest absolute Gasteiger partial charge is 0.292 e. The van der Waals surface area contributed by atoms with Crippen molar-refractivity contribution in [3.8, 4) is 5.69 Å². The number of anilines is 2. The molecule has 2 N–H and O–H groups in total. The van der Waals surface area contributed by atoms with E-state index in [9.17, 15) is 9.59 Å². The molecule has 8 nitrogen and oxygen atoms in total. The largest absolute Gasteiger partial charge is 0.317 e. The normalized spacial score (nSPS) is 16.1. The van der Waals surface area contributed by atoms with Crippen molar-refractivity contribution < 1.29 is 9.59 Å². The van der Waals surface area contributed by atoms with Crippen LogP contribution < -0.4 is 15.8 Å². The zero-order valence-electron chi connectivity index (χ0n) is 17.0. The predicted molar refractivity (Wildman–Crippen MR) is 116 cm³/mol. The summed E-state index contributed by atoms with van der Waals surface area (Å²) < 4.78 is 1.78. The number of para-hydroxylation sites is 3. The van der Waals surface area contributed by atoms with Crippen LogP contribution in [0, 0.1) is 13.8 Å². The van der Waals surface area contributed by atoms with Gasteiger partial charge >= 0.3 is 0 Å². The van der Waals surface area contributed by atoms with Gasteiger partial charge in [0.25, 0.3) is 11.8 Å². The van der Waals surface area contributed by atoms with Gasteiger partial charge in [0.2, 0.25) is 5.84 Å². The van der Waals surface area contributed by atoms with Gasteiger partial charge in [-0.15, -0.1) is 0 Å². The zero-order valence-corrected chi connectivity index (χ0v) is 17.0. The molecule has 0 fully saturated rings. The number of carbonyl (C=O) groups is 2. The maximum absolute atomic E-state index is 13.0. The molecular weight excluding hydrogens is 380 g/mol. The molecule has 0 aliphatic carbocycles. The van der Waals surface area contributed by atoms with Crippen LogP contribution in [0.15, 0.2) is 65.7 Å². The van der Waals surface area contributed by atoms with E-state index in [-0.39, 0.29) is 11.7 Å². The summed E-state index contributed by atoms with van der Waals surface area (Å²) in [7, 11) is 0. The Kier molecular flexibility index (Phi) is 5.05. The van der Waals surface area contributed by atoms with Gasteiger partial charge in [0, 0.05) is 5.69 Å². The van der Waals surface area contributed by atoms with E-state index < -0.39 is 11.9 Å². The average Bonchev–Trinajstić information content (AvgIpc) is 3.08. The summed E-state index contributed by atoms with van der Waals surface area (Å²) in [5, 5.41) is 8.74. The number of aromatic nitrogens is 2. The third-order valence-electron chi connectivity index (χ3n) is 4.74. The molecule has 4 rings (SSSR count). The van der Waals surface area contributed by atoms with E-state index in [2.05, 4.69) is 20.8 Å². The minimum Gasteiger partial charge on any atom is -0.317 e. The second-order valence-corrected chi connectivity index (χ2v) is 7.08. The molecule has 1 aliphatic heterocycles. The highest BCUT2D eigenvalue weighted by Crippen LogP contribution is 2.22. The Labute approximate surface area is 174 Å². The molecular formula is C22H22N6O2. The van der Waals surface area contributed by atoms with E-state index in [0.29, 0.717) is 11.4 Å². The highest BCUT2D eigenvalue weighted by atomic mass is 16.2. The molecule has 0 bridgehead atoms. The molecule has 30 heavy (non-hydrogen) atoms. The van der Waals surface area contributed by atoms with Gasteiger partial charge in [-0.2, -0.15) is 5.10 Å². The fourth-order valence-electron chi connectivity index (χ4n) is 3.32. The first kappa shape index (κ1) is 19.4. The van der Waals surface area contributed by atoms with Gasteiger partial charge in [0.05, 0.1) is 22.8 Å². The number of hydrogen-bond acceptors (Lipinski definition) is 5. The van der Waals surface area contributed by atoms with Gasteiger partial charge in [-0.25, -0.2) is 14.7 Å². The van der Waals surface area contributed by atoms with Crippen molar-refractivity contribution in [1.29, 1.82) is 0 Å². The summed E-state index contributed by atoms with van der Waals surface area (Å²) >= 11 is 0. The first-order valence-corrected chi connectivity index (χ1v) is 9.61. The Hall–Kier alpha value is -3.94. The number of amides is 2. The third-order valence-corrected chi connectivity index (χ3v) is 4.74. The maximum Gasteiger partial charge on any atom is 0.292 e. The van der Waals surface area contributed by atoms with Crippen LogP contribution in [-0.4, -0.2) is 33.5 Å². The van der Waals surface area contributed by atoms with E-state index in [1.807, 2.05) is 56.3 Å². The summed E-state index contributed by atoms with van der Waals surface area (Å²) in [6, 6.07) is 17.8. The van der Waals surface area contributed by atoms with Gasteiger partial charge in [-0.05, 0) is 51.1 Å². The molecule has 1 aliphatic rings. The SMILES string of the molecule is Cc1cc(C)n(-c2ccccc2NC(=O)C2=NC(C)C(=O)N(c3ccccc3)N2)n1. The number of amidine groups is 1. The third kappa shape index (κ3) is 3.67. The molecule has 1 aromatic heterocycles. The Balaban J connectivity index is 1.61. The van der Waals surface area contributed by atoms with Crippen LogP contribution in [0.1, 0.15) is 18.3 Å². The van der Waals surface area contributed by atoms with Gasteiger partial charge in [-0.3, -0.25) is 15.0 Å². The maximum atomic E-state index is 13.0. The van der Waals surface area contributed by atoms with Crippen LogP contribution in [0.25, 0.3) is 5.69 Å². The molecule has 0 saturated carbocycles. The summed E-state index contributed by atoms with van der Waals surface area (Å²) in [5.41, 5.74) is 6.66. The van der Waals surface area contributed by atoms with Crippen molar-refractivity contribution in [3.05, 3.63) is 72.1 Å². The highest BCUT2D eigenvalue weighted by molar-refractivity contribution is 6.43. The second kappa shape index (κ2) is 7.82. The number of benzene rings is 2. The zero-order chi connectivity index (χ0) is 21.3. The Bertz CT molecular complexity index is 1140. The average molecular weight is 402 g/mol. The van der Waals surface area contributed by atoms with Gasteiger partial charge in [-0.1, -0.05) is 30.3 Å². The van der Waals surface area contributed by atoms with Crippen molar-refractivity contribution in [3.63, 3.8) is 0 Å². The summed E-state index contributed by atoms with van der Waals surface area (Å²) in [6.07, 6.45) is 0. The van der Waals surface area contributed by atoms with Crippen molar-refractivity contribution in [2.45, 2.75) is 26.8 Å². The quantitative estimate of drug-likeness (QED) is 0.702. The first-order chi connectivity index (χ1) is 14.4. The monoisotopic (exact) mass is 402 g/mol. The summed E-state index contributed by atoms with van der Waals surface area (Å²) in [6.45, 7) is 5.54. The molecule has 1 unspecified atom stereocenters. The number of nitrogens with one attached hydrogen (secondary N) is 2. The minimum atomic E-state index is -0.682. The fraction of sp³-hybridized carbons (Fsp3) is 0.182. The predicted octanol–water partition coefficient (Wildman–Crippen LogP) is 2.77. The number of rotatable bonds is 4. The van der Waals surface area contributed by atoms with Crippen LogP contribution in [0.5, 0.6) is 0 Å². The van der Waals surface area contributed by atoms with E-state index >= 15 is 0 Å². The van der Waals surface area contributed by atoms with Crippen LogP contribution in [-0.2, 0) is 9.59 Å². The molecule has 3 aromatic rings. The summed E-state index contributed by atoms with van der Waals surface area (Å²) in [5.74, 6) is -0.612. The molecule has 8 heteroatoms. The number of aryl methyl sites for hydroxylation is 2.